The van der Waals surface area contributed by atoms with Gasteiger partial charge >= 0.3 is 6.03 Å². The van der Waals surface area contributed by atoms with E-state index in [4.69, 9.17) is 0 Å². The quantitative estimate of drug-likeness (QED) is 0.844. The highest BCUT2D eigenvalue weighted by Crippen LogP contribution is 2.31. The fourth-order valence-corrected chi connectivity index (χ4v) is 3.06. The standard InChI is InChI=1S/C19H24FN5O2/c1-11-16(12(2)24(4)23-11)10-25(15-6-7-15)19(27)22-18-9-14(21-13(3)26)5-8-17(18)20/h5,8-9,15H,6-7,10H2,1-4H3,(H,21,26)(H,22,27). The topological polar surface area (TPSA) is 79.3 Å². The van der Waals surface area contributed by atoms with Crippen LogP contribution in [-0.2, 0) is 18.4 Å². The second kappa shape index (κ2) is 7.38. The van der Waals surface area contributed by atoms with Gasteiger partial charge in [-0.2, -0.15) is 5.10 Å². The Labute approximate surface area is 157 Å². The SMILES string of the molecule is CC(=O)Nc1ccc(F)c(NC(=O)N(Cc2c(C)nn(C)c2C)C2CC2)c1. The summed E-state index contributed by atoms with van der Waals surface area (Å²) in [6.07, 6.45) is 1.86. The molecule has 1 heterocycles. The molecule has 0 aliphatic heterocycles. The van der Waals surface area contributed by atoms with Crippen molar-refractivity contribution in [1.82, 2.24) is 14.7 Å². The van der Waals surface area contributed by atoms with Gasteiger partial charge in [0.15, 0.2) is 0 Å². The number of nitrogens with one attached hydrogen (secondary N) is 2. The molecule has 1 aliphatic carbocycles. The fraction of sp³-hybridized carbons (Fsp3) is 0.421. The lowest BCUT2D eigenvalue weighted by Gasteiger charge is -2.23. The molecule has 3 rings (SSSR count). The molecule has 0 saturated heterocycles. The van der Waals surface area contributed by atoms with Gasteiger partial charge < -0.3 is 15.5 Å². The molecular formula is C19H24FN5O2. The van der Waals surface area contributed by atoms with E-state index in [0.29, 0.717) is 12.2 Å². The summed E-state index contributed by atoms with van der Waals surface area (Å²) in [5.41, 5.74) is 3.36. The molecular weight excluding hydrogens is 349 g/mol. The summed E-state index contributed by atoms with van der Waals surface area (Å²) in [7, 11) is 1.87. The molecule has 0 spiro atoms. The molecule has 0 bridgehead atoms. The molecule has 144 valence electrons. The molecule has 2 aromatic rings. The summed E-state index contributed by atoms with van der Waals surface area (Å²) < 4.78 is 15.9. The number of urea groups is 1. The number of rotatable bonds is 5. The van der Waals surface area contributed by atoms with E-state index in [9.17, 15) is 14.0 Å². The largest absolute Gasteiger partial charge is 0.326 e. The van der Waals surface area contributed by atoms with Crippen molar-refractivity contribution in [2.75, 3.05) is 10.6 Å². The van der Waals surface area contributed by atoms with Crippen LogP contribution in [0.1, 0.15) is 36.7 Å². The number of hydrogen-bond acceptors (Lipinski definition) is 3. The smallest absolute Gasteiger partial charge is 0.322 e. The Bertz CT molecular complexity index is 888. The first-order valence-corrected chi connectivity index (χ1v) is 8.90. The molecule has 1 saturated carbocycles. The van der Waals surface area contributed by atoms with Gasteiger partial charge in [-0.1, -0.05) is 0 Å². The first-order chi connectivity index (χ1) is 12.8. The third-order valence-corrected chi connectivity index (χ3v) is 4.76. The van der Waals surface area contributed by atoms with E-state index in [0.717, 1.165) is 29.8 Å². The molecule has 3 amide bonds. The predicted octanol–water partition coefficient (Wildman–Crippen LogP) is 3.33. The third-order valence-electron chi connectivity index (χ3n) is 4.76. The van der Waals surface area contributed by atoms with Crippen molar-refractivity contribution in [3.05, 3.63) is 41.0 Å². The highest BCUT2D eigenvalue weighted by molar-refractivity contribution is 5.93. The van der Waals surface area contributed by atoms with E-state index < -0.39 is 5.82 Å². The maximum atomic E-state index is 14.1. The molecule has 2 N–H and O–H groups in total. The first-order valence-electron chi connectivity index (χ1n) is 8.90. The average molecular weight is 373 g/mol. The molecule has 0 radical (unpaired) electrons. The predicted molar refractivity (Wildman–Crippen MR) is 101 cm³/mol. The minimum absolute atomic E-state index is 0.0385. The second-order valence-corrected chi connectivity index (χ2v) is 6.94. The van der Waals surface area contributed by atoms with Crippen molar-refractivity contribution in [2.45, 2.75) is 46.2 Å². The number of nitrogens with zero attached hydrogens (tertiary/aromatic N) is 3. The molecule has 27 heavy (non-hydrogen) atoms. The van der Waals surface area contributed by atoms with Crippen LogP contribution in [0.5, 0.6) is 0 Å². The number of benzene rings is 1. The van der Waals surface area contributed by atoms with Gasteiger partial charge in [-0.3, -0.25) is 9.48 Å². The molecule has 0 unspecified atom stereocenters. The molecule has 1 aromatic heterocycles. The van der Waals surface area contributed by atoms with E-state index in [1.807, 2.05) is 20.9 Å². The Hall–Kier alpha value is -2.90. The van der Waals surface area contributed by atoms with Crippen molar-refractivity contribution in [3.63, 3.8) is 0 Å². The van der Waals surface area contributed by atoms with Crippen LogP contribution in [0.2, 0.25) is 0 Å². The van der Waals surface area contributed by atoms with Crippen molar-refractivity contribution < 1.29 is 14.0 Å². The van der Waals surface area contributed by atoms with Crippen LogP contribution in [-0.4, -0.2) is 32.7 Å². The maximum absolute atomic E-state index is 14.1. The van der Waals surface area contributed by atoms with Crippen molar-refractivity contribution in [2.24, 2.45) is 7.05 Å². The van der Waals surface area contributed by atoms with Gasteiger partial charge in [-0.05, 0) is 44.9 Å². The van der Waals surface area contributed by atoms with E-state index in [1.165, 1.54) is 25.1 Å². The molecule has 1 aromatic carbocycles. The zero-order valence-electron chi connectivity index (χ0n) is 16.0. The number of halogens is 1. The van der Waals surface area contributed by atoms with Crippen LogP contribution >= 0.6 is 0 Å². The summed E-state index contributed by atoms with van der Waals surface area (Å²) in [5.74, 6) is -0.817. The second-order valence-electron chi connectivity index (χ2n) is 6.94. The van der Waals surface area contributed by atoms with Crippen LogP contribution in [0.25, 0.3) is 0 Å². The zero-order chi connectivity index (χ0) is 19.7. The van der Waals surface area contributed by atoms with Gasteiger partial charge in [0.1, 0.15) is 5.82 Å². The molecule has 1 aliphatic rings. The fourth-order valence-electron chi connectivity index (χ4n) is 3.06. The number of aromatic nitrogens is 2. The van der Waals surface area contributed by atoms with Crippen LogP contribution in [0, 0.1) is 19.7 Å². The van der Waals surface area contributed by atoms with Gasteiger partial charge in [0.25, 0.3) is 0 Å². The Morgan fingerprint density at radius 3 is 2.56 bits per heavy atom. The number of anilines is 2. The number of hydrogen-bond donors (Lipinski definition) is 2. The van der Waals surface area contributed by atoms with E-state index in [-0.39, 0.29) is 23.7 Å². The van der Waals surface area contributed by atoms with Crippen LogP contribution < -0.4 is 10.6 Å². The highest BCUT2D eigenvalue weighted by atomic mass is 19.1. The lowest BCUT2D eigenvalue weighted by atomic mass is 10.2. The van der Waals surface area contributed by atoms with Gasteiger partial charge in [0.2, 0.25) is 5.91 Å². The van der Waals surface area contributed by atoms with Crippen LogP contribution in [0.4, 0.5) is 20.6 Å². The van der Waals surface area contributed by atoms with Gasteiger partial charge in [0, 0.05) is 37.0 Å². The Balaban J connectivity index is 1.79. The lowest BCUT2D eigenvalue weighted by molar-refractivity contribution is -0.114. The van der Waals surface area contributed by atoms with Crippen molar-refractivity contribution in [3.8, 4) is 0 Å². The van der Waals surface area contributed by atoms with Crippen molar-refractivity contribution in [1.29, 1.82) is 0 Å². The maximum Gasteiger partial charge on any atom is 0.322 e. The van der Waals surface area contributed by atoms with Gasteiger partial charge in [-0.15, -0.1) is 0 Å². The minimum atomic E-state index is -0.554. The average Bonchev–Trinajstić information content (AvgIpc) is 3.38. The molecule has 7 nitrogen and oxygen atoms in total. The molecule has 0 atom stereocenters. The minimum Gasteiger partial charge on any atom is -0.326 e. The Morgan fingerprint density at radius 2 is 2.00 bits per heavy atom. The first kappa shape index (κ1) is 18.9. The summed E-state index contributed by atoms with van der Waals surface area (Å²) in [4.78, 5) is 25.8. The monoisotopic (exact) mass is 373 g/mol. The number of amides is 3. The zero-order valence-corrected chi connectivity index (χ0v) is 16.0. The van der Waals surface area contributed by atoms with E-state index in [2.05, 4.69) is 15.7 Å². The van der Waals surface area contributed by atoms with Crippen molar-refractivity contribution >= 4 is 23.3 Å². The third kappa shape index (κ3) is 4.27. The van der Waals surface area contributed by atoms with E-state index in [1.54, 1.807) is 9.58 Å². The summed E-state index contributed by atoms with van der Waals surface area (Å²) in [6, 6.07) is 3.87. The molecule has 1 fully saturated rings. The van der Waals surface area contributed by atoms with Crippen LogP contribution in [0.3, 0.4) is 0 Å². The number of aryl methyl sites for hydroxylation is 2. The van der Waals surface area contributed by atoms with Gasteiger partial charge in [0.05, 0.1) is 17.9 Å². The normalized spacial score (nSPS) is 13.4. The number of carbonyl (C=O) groups is 2. The van der Waals surface area contributed by atoms with Gasteiger partial charge in [-0.25, -0.2) is 9.18 Å². The summed E-state index contributed by atoms with van der Waals surface area (Å²) >= 11 is 0. The number of carbonyl (C=O) groups excluding carboxylic acids is 2. The lowest BCUT2D eigenvalue weighted by Crippen LogP contribution is -2.36. The summed E-state index contributed by atoms with van der Waals surface area (Å²) in [6.45, 7) is 5.68. The van der Waals surface area contributed by atoms with Crippen LogP contribution in [0.15, 0.2) is 18.2 Å². The van der Waals surface area contributed by atoms with E-state index >= 15 is 0 Å². The Kier molecular flexibility index (Phi) is 5.16. The highest BCUT2D eigenvalue weighted by Gasteiger charge is 2.34. The Morgan fingerprint density at radius 1 is 1.30 bits per heavy atom. The molecule has 8 heteroatoms. The summed E-state index contributed by atoms with van der Waals surface area (Å²) in [5, 5.41) is 9.63.